The highest BCUT2D eigenvalue weighted by Crippen LogP contribution is 2.16. The summed E-state index contributed by atoms with van der Waals surface area (Å²) < 4.78 is 0. The first-order valence-electron chi connectivity index (χ1n) is 6.23. The van der Waals surface area contributed by atoms with E-state index in [0.29, 0.717) is 5.95 Å². The average Bonchev–Trinajstić information content (AvgIpc) is 2.81. The Morgan fingerprint density at radius 2 is 1.94 bits per heavy atom. The fourth-order valence-corrected chi connectivity index (χ4v) is 2.60. The average molecular weight is 262 g/mol. The van der Waals surface area contributed by atoms with Gasteiger partial charge >= 0.3 is 0 Å². The normalized spacial score (nSPS) is 10.6. The third-order valence-corrected chi connectivity index (χ3v) is 3.91. The van der Waals surface area contributed by atoms with Crippen LogP contribution in [0.4, 0.5) is 5.95 Å². The highest BCUT2D eigenvalue weighted by molar-refractivity contribution is 7.10. The Balaban J connectivity index is 2.08. The fourth-order valence-electron chi connectivity index (χ4n) is 1.76. The summed E-state index contributed by atoms with van der Waals surface area (Å²) in [7, 11) is 0. The van der Waals surface area contributed by atoms with E-state index < -0.39 is 0 Å². The van der Waals surface area contributed by atoms with Crippen LogP contribution < -0.4 is 5.32 Å². The van der Waals surface area contributed by atoms with Crippen molar-refractivity contribution in [3.63, 3.8) is 0 Å². The third kappa shape index (κ3) is 2.85. The smallest absolute Gasteiger partial charge is 0.243 e. The number of thiophene rings is 1. The van der Waals surface area contributed by atoms with Crippen LogP contribution in [-0.2, 0) is 19.4 Å². The molecule has 2 aromatic heterocycles. The number of hydrogen-bond donors (Lipinski definition) is 1. The van der Waals surface area contributed by atoms with Crippen molar-refractivity contribution in [1.29, 1.82) is 0 Å². The predicted octanol–water partition coefficient (Wildman–Crippen LogP) is 2.98. The van der Waals surface area contributed by atoms with Gasteiger partial charge in [-0.2, -0.15) is 5.10 Å². The molecule has 2 rings (SSSR count). The Kier molecular flexibility index (Phi) is 4.25. The first-order chi connectivity index (χ1) is 8.74. The Labute approximate surface area is 111 Å². The number of nitrogens with one attached hydrogen (secondary N) is 1. The van der Waals surface area contributed by atoms with E-state index >= 15 is 0 Å². The van der Waals surface area contributed by atoms with Crippen molar-refractivity contribution in [1.82, 2.24) is 15.2 Å². The van der Waals surface area contributed by atoms with Crippen LogP contribution in [0.3, 0.4) is 0 Å². The van der Waals surface area contributed by atoms with Crippen LogP contribution in [0.1, 0.15) is 35.7 Å². The zero-order valence-electron chi connectivity index (χ0n) is 11.0. The van der Waals surface area contributed by atoms with Gasteiger partial charge in [-0.3, -0.25) is 0 Å². The standard InChI is InChI=1S/C13H18N4S/c1-4-10-11(5-2)16-17-13(15-10)14-8-12-9(3)6-7-18-12/h6-7H,4-5,8H2,1-3H3,(H,14,15,17). The van der Waals surface area contributed by atoms with Gasteiger partial charge in [0.25, 0.3) is 0 Å². The molecule has 2 heterocycles. The molecule has 4 nitrogen and oxygen atoms in total. The number of aryl methyl sites for hydroxylation is 3. The Morgan fingerprint density at radius 1 is 1.17 bits per heavy atom. The SMILES string of the molecule is CCc1nnc(NCc2sccc2C)nc1CC. The monoisotopic (exact) mass is 262 g/mol. The number of nitrogens with zero attached hydrogens (tertiary/aromatic N) is 3. The minimum atomic E-state index is 0.622. The van der Waals surface area contributed by atoms with Crippen LogP contribution in [0.25, 0.3) is 0 Å². The van der Waals surface area contributed by atoms with Crippen LogP contribution in [0.15, 0.2) is 11.4 Å². The molecule has 0 bridgehead atoms. The predicted molar refractivity (Wildman–Crippen MR) is 75.0 cm³/mol. The quantitative estimate of drug-likeness (QED) is 0.900. The molecule has 0 saturated carbocycles. The molecule has 18 heavy (non-hydrogen) atoms. The summed E-state index contributed by atoms with van der Waals surface area (Å²) >= 11 is 1.75. The lowest BCUT2D eigenvalue weighted by Crippen LogP contribution is -2.09. The van der Waals surface area contributed by atoms with Gasteiger partial charge < -0.3 is 5.32 Å². The van der Waals surface area contributed by atoms with Crippen molar-refractivity contribution in [2.24, 2.45) is 0 Å². The minimum absolute atomic E-state index is 0.622. The third-order valence-electron chi connectivity index (χ3n) is 2.88. The molecule has 5 heteroatoms. The van der Waals surface area contributed by atoms with E-state index in [0.717, 1.165) is 30.8 Å². The van der Waals surface area contributed by atoms with Gasteiger partial charge in [-0.25, -0.2) is 4.98 Å². The molecule has 0 amide bonds. The number of anilines is 1. The summed E-state index contributed by atoms with van der Waals surface area (Å²) in [5.74, 6) is 0.622. The first kappa shape index (κ1) is 13.0. The minimum Gasteiger partial charge on any atom is -0.348 e. The summed E-state index contributed by atoms with van der Waals surface area (Å²) in [5.41, 5.74) is 3.34. The molecule has 0 atom stereocenters. The van der Waals surface area contributed by atoms with Gasteiger partial charge in [-0.1, -0.05) is 13.8 Å². The van der Waals surface area contributed by atoms with E-state index in [1.165, 1.54) is 10.4 Å². The molecule has 0 aromatic carbocycles. The molecule has 0 aliphatic rings. The zero-order valence-corrected chi connectivity index (χ0v) is 11.8. The summed E-state index contributed by atoms with van der Waals surface area (Å²) in [6.45, 7) is 7.05. The number of hydrogen-bond acceptors (Lipinski definition) is 5. The molecule has 0 aliphatic carbocycles. The summed E-state index contributed by atoms with van der Waals surface area (Å²) in [6, 6.07) is 2.12. The Hall–Kier alpha value is -1.49. The largest absolute Gasteiger partial charge is 0.348 e. The Bertz CT molecular complexity index is 521. The van der Waals surface area contributed by atoms with Gasteiger partial charge in [-0.15, -0.1) is 16.4 Å². The van der Waals surface area contributed by atoms with E-state index in [9.17, 15) is 0 Å². The van der Waals surface area contributed by atoms with Crippen molar-refractivity contribution < 1.29 is 0 Å². The van der Waals surface area contributed by atoms with Gasteiger partial charge in [0.15, 0.2) is 0 Å². The van der Waals surface area contributed by atoms with Gasteiger partial charge in [0, 0.05) is 4.88 Å². The maximum Gasteiger partial charge on any atom is 0.243 e. The van der Waals surface area contributed by atoms with E-state index in [1.807, 2.05) is 0 Å². The van der Waals surface area contributed by atoms with Gasteiger partial charge in [0.2, 0.25) is 5.95 Å². The number of rotatable bonds is 5. The second-order valence-corrected chi connectivity index (χ2v) is 5.12. The van der Waals surface area contributed by atoms with E-state index in [-0.39, 0.29) is 0 Å². The van der Waals surface area contributed by atoms with Crippen LogP contribution >= 0.6 is 11.3 Å². The van der Waals surface area contributed by atoms with Crippen molar-refractivity contribution in [2.75, 3.05) is 5.32 Å². The summed E-state index contributed by atoms with van der Waals surface area (Å²) in [4.78, 5) is 5.83. The molecule has 0 spiro atoms. The highest BCUT2D eigenvalue weighted by atomic mass is 32.1. The molecule has 96 valence electrons. The maximum atomic E-state index is 4.51. The van der Waals surface area contributed by atoms with E-state index in [1.54, 1.807) is 11.3 Å². The van der Waals surface area contributed by atoms with Crippen molar-refractivity contribution in [3.05, 3.63) is 33.3 Å². The molecule has 0 radical (unpaired) electrons. The lowest BCUT2D eigenvalue weighted by Gasteiger charge is -2.07. The summed E-state index contributed by atoms with van der Waals surface area (Å²) in [5, 5.41) is 13.7. The second-order valence-electron chi connectivity index (χ2n) is 4.12. The maximum absolute atomic E-state index is 4.51. The van der Waals surface area contributed by atoms with Crippen LogP contribution in [0.2, 0.25) is 0 Å². The molecule has 0 saturated heterocycles. The topological polar surface area (TPSA) is 50.7 Å². The van der Waals surface area contributed by atoms with E-state index in [2.05, 4.69) is 52.7 Å². The molecule has 0 aliphatic heterocycles. The number of aromatic nitrogens is 3. The van der Waals surface area contributed by atoms with Crippen LogP contribution in [-0.4, -0.2) is 15.2 Å². The Morgan fingerprint density at radius 3 is 2.56 bits per heavy atom. The van der Waals surface area contributed by atoms with Crippen LogP contribution in [0, 0.1) is 6.92 Å². The summed E-state index contributed by atoms with van der Waals surface area (Å²) in [6.07, 6.45) is 1.78. The molecular weight excluding hydrogens is 244 g/mol. The zero-order chi connectivity index (χ0) is 13.0. The van der Waals surface area contributed by atoms with E-state index in [4.69, 9.17) is 0 Å². The molecule has 0 unspecified atom stereocenters. The van der Waals surface area contributed by atoms with Gasteiger partial charge in [-0.05, 0) is 36.8 Å². The van der Waals surface area contributed by atoms with Gasteiger partial charge in [0.05, 0.1) is 17.9 Å². The first-order valence-corrected chi connectivity index (χ1v) is 7.11. The highest BCUT2D eigenvalue weighted by Gasteiger charge is 2.06. The molecule has 2 aromatic rings. The van der Waals surface area contributed by atoms with Crippen molar-refractivity contribution in [3.8, 4) is 0 Å². The van der Waals surface area contributed by atoms with Crippen molar-refractivity contribution in [2.45, 2.75) is 40.2 Å². The van der Waals surface area contributed by atoms with Crippen molar-refractivity contribution >= 4 is 17.3 Å². The lowest BCUT2D eigenvalue weighted by molar-refractivity contribution is 0.820. The van der Waals surface area contributed by atoms with Gasteiger partial charge in [0.1, 0.15) is 0 Å². The second kappa shape index (κ2) is 5.91. The molecule has 1 N–H and O–H groups in total. The fraction of sp³-hybridized carbons (Fsp3) is 0.462. The molecular formula is C13H18N4S. The lowest BCUT2D eigenvalue weighted by atomic mass is 10.2. The molecule has 0 fully saturated rings. The van der Waals surface area contributed by atoms with Crippen LogP contribution in [0.5, 0.6) is 0 Å².